The van der Waals surface area contributed by atoms with Gasteiger partial charge in [0.25, 0.3) is 5.91 Å². The Morgan fingerprint density at radius 3 is 2.71 bits per heavy atom. The number of nitrogens with zero attached hydrogens (tertiary/aromatic N) is 2. The van der Waals surface area contributed by atoms with Crippen molar-refractivity contribution in [1.29, 1.82) is 5.26 Å². The van der Waals surface area contributed by atoms with E-state index in [1.807, 2.05) is 41.1 Å². The second kappa shape index (κ2) is 9.48. The van der Waals surface area contributed by atoms with Gasteiger partial charge in [0, 0.05) is 28.7 Å². The first kappa shape index (κ1) is 20.7. The number of para-hydroxylation sites is 2. The molecule has 1 fully saturated rings. The van der Waals surface area contributed by atoms with Crippen LogP contribution in [-0.4, -0.2) is 23.1 Å². The zero-order chi connectivity index (χ0) is 21.6. The molecule has 0 bridgehead atoms. The van der Waals surface area contributed by atoms with E-state index in [-0.39, 0.29) is 29.9 Å². The molecule has 1 aromatic heterocycles. The number of ether oxygens (including phenoxy) is 1. The highest BCUT2D eigenvalue weighted by molar-refractivity contribution is 6.04. The number of hydrogen-bond donors (Lipinski definition) is 1. The van der Waals surface area contributed by atoms with Crippen molar-refractivity contribution in [2.75, 3.05) is 6.61 Å². The minimum Gasteiger partial charge on any atom is -0.489 e. The van der Waals surface area contributed by atoms with Gasteiger partial charge >= 0.3 is 0 Å². The van der Waals surface area contributed by atoms with Gasteiger partial charge in [-0.2, -0.15) is 5.26 Å². The number of carbonyl (C=O) groups is 1. The van der Waals surface area contributed by atoms with Crippen LogP contribution in [0, 0.1) is 17.1 Å². The van der Waals surface area contributed by atoms with Crippen LogP contribution in [0.2, 0.25) is 0 Å². The van der Waals surface area contributed by atoms with Gasteiger partial charge in [0.2, 0.25) is 0 Å². The summed E-state index contributed by atoms with van der Waals surface area (Å²) in [5.41, 5.74) is 1.84. The van der Waals surface area contributed by atoms with E-state index in [1.54, 1.807) is 24.3 Å². The summed E-state index contributed by atoms with van der Waals surface area (Å²) < 4.78 is 21.3. The smallest absolute Gasteiger partial charge is 0.262 e. The fourth-order valence-corrected chi connectivity index (χ4v) is 4.03. The van der Waals surface area contributed by atoms with Crippen molar-refractivity contribution in [2.24, 2.45) is 0 Å². The van der Waals surface area contributed by atoms with Crippen LogP contribution in [0.4, 0.5) is 4.39 Å². The highest BCUT2D eigenvalue weighted by atomic mass is 19.1. The first-order valence-electron chi connectivity index (χ1n) is 10.5. The van der Waals surface area contributed by atoms with Crippen LogP contribution in [-0.2, 0) is 11.3 Å². The van der Waals surface area contributed by atoms with Gasteiger partial charge in [0.05, 0.1) is 6.54 Å². The number of aromatic nitrogens is 1. The molecule has 0 saturated heterocycles. The third-order valence-electron chi connectivity index (χ3n) is 5.60. The summed E-state index contributed by atoms with van der Waals surface area (Å²) in [7, 11) is 0. The van der Waals surface area contributed by atoms with E-state index in [9.17, 15) is 14.4 Å². The standard InChI is InChI=1S/C25H24FN3O2/c26-22-10-4-6-12-24(22)31-14-13-29-17-19(21-9-3-5-11-23(21)29)15-18(16-27)25(30)28-20-7-1-2-8-20/h3-6,9-12,15,17,20H,1-2,7-8,13-14H2,(H,28,30)/b18-15+. The van der Waals surface area contributed by atoms with Gasteiger partial charge < -0.3 is 14.6 Å². The molecule has 0 aliphatic heterocycles. The Morgan fingerprint density at radius 1 is 1.19 bits per heavy atom. The van der Waals surface area contributed by atoms with Crippen molar-refractivity contribution < 1.29 is 13.9 Å². The number of nitriles is 1. The number of rotatable bonds is 7. The highest BCUT2D eigenvalue weighted by Gasteiger charge is 2.19. The summed E-state index contributed by atoms with van der Waals surface area (Å²) in [5, 5.41) is 13.5. The molecular formula is C25H24FN3O2. The number of hydrogen-bond acceptors (Lipinski definition) is 3. The summed E-state index contributed by atoms with van der Waals surface area (Å²) >= 11 is 0. The molecule has 6 heteroatoms. The molecule has 1 aliphatic rings. The molecule has 0 spiro atoms. The van der Waals surface area contributed by atoms with Crippen LogP contribution in [0.15, 0.2) is 60.3 Å². The molecule has 2 aromatic carbocycles. The quantitative estimate of drug-likeness (QED) is 0.442. The fourth-order valence-electron chi connectivity index (χ4n) is 4.03. The number of benzene rings is 2. The molecule has 1 heterocycles. The van der Waals surface area contributed by atoms with Crippen LogP contribution < -0.4 is 10.1 Å². The zero-order valence-corrected chi connectivity index (χ0v) is 17.2. The lowest BCUT2D eigenvalue weighted by molar-refractivity contribution is -0.117. The van der Waals surface area contributed by atoms with E-state index in [2.05, 4.69) is 5.32 Å². The minimum atomic E-state index is -0.393. The van der Waals surface area contributed by atoms with Crippen LogP contribution in [0.1, 0.15) is 31.2 Å². The number of fused-ring (bicyclic) bond motifs is 1. The van der Waals surface area contributed by atoms with Gasteiger partial charge in [0.1, 0.15) is 18.2 Å². The number of nitrogens with one attached hydrogen (secondary N) is 1. The predicted octanol–water partition coefficient (Wildman–Crippen LogP) is 4.83. The molecule has 0 unspecified atom stereocenters. The Bertz CT molecular complexity index is 1150. The minimum absolute atomic E-state index is 0.0948. The monoisotopic (exact) mass is 417 g/mol. The lowest BCUT2D eigenvalue weighted by Crippen LogP contribution is -2.33. The van der Waals surface area contributed by atoms with Crippen molar-refractivity contribution in [3.63, 3.8) is 0 Å². The van der Waals surface area contributed by atoms with Gasteiger partial charge in [0.15, 0.2) is 11.6 Å². The summed E-state index contributed by atoms with van der Waals surface area (Å²) in [4.78, 5) is 12.6. The first-order chi connectivity index (χ1) is 15.2. The predicted molar refractivity (Wildman–Crippen MR) is 118 cm³/mol. The summed E-state index contributed by atoms with van der Waals surface area (Å²) in [6.45, 7) is 0.787. The van der Waals surface area contributed by atoms with Gasteiger partial charge in [-0.05, 0) is 37.1 Å². The Balaban J connectivity index is 1.54. The van der Waals surface area contributed by atoms with Crippen LogP contribution >= 0.6 is 0 Å². The third kappa shape index (κ3) is 4.77. The average Bonchev–Trinajstić information content (AvgIpc) is 3.41. The molecule has 0 radical (unpaired) electrons. The second-order valence-electron chi connectivity index (χ2n) is 7.70. The summed E-state index contributed by atoms with van der Waals surface area (Å²) in [6, 6.07) is 16.3. The van der Waals surface area contributed by atoms with Crippen LogP contribution in [0.5, 0.6) is 5.75 Å². The molecule has 0 atom stereocenters. The van der Waals surface area contributed by atoms with Crippen molar-refractivity contribution in [3.05, 3.63) is 71.7 Å². The second-order valence-corrected chi connectivity index (χ2v) is 7.70. The van der Waals surface area contributed by atoms with Crippen molar-refractivity contribution >= 4 is 22.9 Å². The van der Waals surface area contributed by atoms with Crippen molar-refractivity contribution in [3.8, 4) is 11.8 Å². The lowest BCUT2D eigenvalue weighted by atomic mass is 10.1. The van der Waals surface area contributed by atoms with Gasteiger partial charge in [-0.3, -0.25) is 4.79 Å². The van der Waals surface area contributed by atoms with Gasteiger partial charge in [-0.1, -0.05) is 43.2 Å². The molecule has 3 aromatic rings. The molecule has 1 amide bonds. The summed E-state index contributed by atoms with van der Waals surface area (Å²) in [5.74, 6) is -0.501. The lowest BCUT2D eigenvalue weighted by Gasteiger charge is -2.10. The van der Waals surface area contributed by atoms with Crippen molar-refractivity contribution in [2.45, 2.75) is 38.3 Å². The first-order valence-corrected chi connectivity index (χ1v) is 10.5. The molecule has 1 saturated carbocycles. The fraction of sp³-hybridized carbons (Fsp3) is 0.280. The molecule has 1 N–H and O–H groups in total. The zero-order valence-electron chi connectivity index (χ0n) is 17.2. The largest absolute Gasteiger partial charge is 0.489 e. The molecule has 31 heavy (non-hydrogen) atoms. The molecule has 1 aliphatic carbocycles. The third-order valence-corrected chi connectivity index (χ3v) is 5.60. The van der Waals surface area contributed by atoms with E-state index in [0.29, 0.717) is 6.54 Å². The summed E-state index contributed by atoms with van der Waals surface area (Å²) in [6.07, 6.45) is 7.69. The van der Waals surface area contributed by atoms with Crippen molar-refractivity contribution in [1.82, 2.24) is 9.88 Å². The highest BCUT2D eigenvalue weighted by Crippen LogP contribution is 2.24. The SMILES string of the molecule is N#C/C(=C\c1cn(CCOc2ccccc2F)c2ccccc12)C(=O)NC1CCCC1. The van der Waals surface area contributed by atoms with E-state index >= 15 is 0 Å². The Morgan fingerprint density at radius 2 is 1.94 bits per heavy atom. The molecule has 4 rings (SSSR count). The Hall–Kier alpha value is -3.59. The Kier molecular flexibility index (Phi) is 6.32. The van der Waals surface area contributed by atoms with E-state index in [0.717, 1.165) is 42.1 Å². The average molecular weight is 417 g/mol. The maximum atomic E-state index is 13.8. The van der Waals surface area contributed by atoms with Crippen LogP contribution in [0.25, 0.3) is 17.0 Å². The number of halogens is 1. The Labute approximate surface area is 180 Å². The topological polar surface area (TPSA) is 67.0 Å². The van der Waals surface area contributed by atoms with E-state index in [1.165, 1.54) is 6.07 Å². The maximum Gasteiger partial charge on any atom is 0.262 e. The van der Waals surface area contributed by atoms with Gasteiger partial charge in [-0.25, -0.2) is 4.39 Å². The molecule has 5 nitrogen and oxygen atoms in total. The number of carbonyl (C=O) groups excluding carboxylic acids is 1. The van der Waals surface area contributed by atoms with Gasteiger partial charge in [-0.15, -0.1) is 0 Å². The maximum absolute atomic E-state index is 13.8. The van der Waals surface area contributed by atoms with Crippen LogP contribution in [0.3, 0.4) is 0 Å². The number of amides is 1. The molecule has 158 valence electrons. The molecular weight excluding hydrogens is 393 g/mol. The normalized spacial score (nSPS) is 14.5. The van der Waals surface area contributed by atoms with E-state index in [4.69, 9.17) is 4.74 Å². The van der Waals surface area contributed by atoms with E-state index < -0.39 is 5.82 Å².